The Morgan fingerprint density at radius 2 is 1.23 bits per heavy atom. The van der Waals surface area contributed by atoms with Gasteiger partial charge in [-0.25, -0.2) is 0 Å². The van der Waals surface area contributed by atoms with Crippen LogP contribution >= 0.6 is 23.2 Å². The summed E-state index contributed by atoms with van der Waals surface area (Å²) in [7, 11) is 2.50. The van der Waals surface area contributed by atoms with Gasteiger partial charge in [-0.1, -0.05) is 53.5 Å². The molecule has 0 fully saturated rings. The molecule has 1 unspecified atom stereocenters. The van der Waals surface area contributed by atoms with Gasteiger partial charge in [0.05, 0.1) is 24.3 Å². The number of rotatable bonds is 5. The van der Waals surface area contributed by atoms with Gasteiger partial charge in [-0.2, -0.15) is 26.3 Å². The zero-order valence-corrected chi connectivity index (χ0v) is 22.2. The fraction of sp³-hybridized carbons (Fsp3) is 0.214. The highest BCUT2D eigenvalue weighted by Gasteiger charge is 2.78. The molecular weight excluding hydrogens is 585 g/mol. The molecule has 0 heterocycles. The maximum Gasteiger partial charge on any atom is 0.409 e. The summed E-state index contributed by atoms with van der Waals surface area (Å²) >= 11 is 13.0. The first-order chi connectivity index (χ1) is 18.7. The van der Waals surface area contributed by atoms with E-state index in [1.807, 2.05) is 0 Å². The van der Waals surface area contributed by atoms with Gasteiger partial charge in [-0.15, -0.1) is 0 Å². The number of aromatic hydroxyl groups is 2. The summed E-state index contributed by atoms with van der Waals surface area (Å²) in [4.78, 5) is 0. The van der Waals surface area contributed by atoms with E-state index in [1.54, 1.807) is 0 Å². The lowest BCUT2D eigenvalue weighted by Crippen LogP contribution is -2.56. The Balaban J connectivity index is 2.29. The van der Waals surface area contributed by atoms with Gasteiger partial charge >= 0.3 is 12.4 Å². The normalized spacial score (nSPS) is 17.7. The Morgan fingerprint density at radius 1 is 0.725 bits per heavy atom. The monoisotopic (exact) mass is 604 g/mol. The van der Waals surface area contributed by atoms with Gasteiger partial charge in [0, 0.05) is 23.6 Å². The number of methoxy groups -OCH3 is 2. The van der Waals surface area contributed by atoms with E-state index in [2.05, 4.69) is 0 Å². The van der Waals surface area contributed by atoms with Gasteiger partial charge in [0.15, 0.2) is 0 Å². The second-order valence-electron chi connectivity index (χ2n) is 8.90. The third kappa shape index (κ3) is 4.73. The van der Waals surface area contributed by atoms with Crippen molar-refractivity contribution in [1.29, 1.82) is 0 Å². The van der Waals surface area contributed by atoms with Crippen LogP contribution in [0, 0.1) is 5.41 Å². The molecule has 40 heavy (non-hydrogen) atoms. The smallest absolute Gasteiger partial charge is 0.409 e. The molecule has 0 aliphatic heterocycles. The predicted octanol–water partition coefficient (Wildman–Crippen LogP) is 8.62. The molecule has 4 nitrogen and oxygen atoms in total. The number of phenols is 2. The quantitative estimate of drug-likeness (QED) is 0.286. The lowest BCUT2D eigenvalue weighted by atomic mass is 9.61. The zero-order chi connectivity index (χ0) is 29.6. The first kappa shape index (κ1) is 29.5. The van der Waals surface area contributed by atoms with Crippen LogP contribution in [-0.4, -0.2) is 36.8 Å². The maximum atomic E-state index is 15.2. The molecule has 0 bridgehead atoms. The van der Waals surface area contributed by atoms with Crippen LogP contribution in [-0.2, 0) is 0 Å². The zero-order valence-electron chi connectivity index (χ0n) is 20.7. The van der Waals surface area contributed by atoms with Gasteiger partial charge in [0.1, 0.15) is 23.0 Å². The molecule has 2 N–H and O–H groups in total. The van der Waals surface area contributed by atoms with Crippen LogP contribution in [0.4, 0.5) is 26.3 Å². The average molecular weight is 605 g/mol. The summed E-state index contributed by atoms with van der Waals surface area (Å²) in [5.41, 5.74) is -7.13. The Labute approximate surface area is 234 Å². The number of benzene rings is 3. The van der Waals surface area contributed by atoms with E-state index < -0.39 is 62.0 Å². The summed E-state index contributed by atoms with van der Waals surface area (Å²) in [6, 6.07) is 12.8. The van der Waals surface area contributed by atoms with Crippen LogP contribution in [0.15, 0.2) is 76.8 Å². The number of alkyl halides is 6. The number of hydrogen-bond acceptors (Lipinski definition) is 4. The first-order valence-electron chi connectivity index (χ1n) is 11.4. The average Bonchev–Trinajstić information content (AvgIpc) is 2.86. The molecular formula is C28H20Cl2F6O4. The second-order valence-corrected chi connectivity index (χ2v) is 9.66. The van der Waals surface area contributed by atoms with Crippen molar-refractivity contribution in [3.05, 3.63) is 93.5 Å². The van der Waals surface area contributed by atoms with Crippen LogP contribution in [0.5, 0.6) is 23.0 Å². The number of phenolic OH excluding ortho intramolecular Hbond substituents is 2. The molecule has 212 valence electrons. The van der Waals surface area contributed by atoms with E-state index in [0.717, 1.165) is 6.07 Å². The van der Waals surface area contributed by atoms with Crippen LogP contribution in [0.3, 0.4) is 0 Å². The van der Waals surface area contributed by atoms with Gasteiger partial charge in [0.25, 0.3) is 0 Å². The Bertz CT molecular complexity index is 1440. The van der Waals surface area contributed by atoms with Crippen molar-refractivity contribution in [1.82, 2.24) is 0 Å². The van der Waals surface area contributed by atoms with E-state index >= 15 is 26.3 Å². The highest BCUT2D eigenvalue weighted by Crippen LogP contribution is 2.71. The first-order valence-corrected chi connectivity index (χ1v) is 12.2. The highest BCUT2D eigenvalue weighted by molar-refractivity contribution is 6.45. The van der Waals surface area contributed by atoms with Crippen molar-refractivity contribution >= 4 is 34.3 Å². The largest absolute Gasteiger partial charge is 0.508 e. The standard InChI is InChI=1S/C28H20Cl2F6O4/c1-39-19-10-15(11-20(13-19)40-2)21-23(16-8-17(37)12-18(38)9-16)26(27(31,32)33,28(34,35)36)25(30)22(24(21)29)14-6-4-3-5-7-14/h3-13,23,37-38H,1-2H3. The molecule has 1 atom stereocenters. The second kappa shape index (κ2) is 10.5. The minimum Gasteiger partial charge on any atom is -0.508 e. The molecule has 12 heteroatoms. The molecule has 0 spiro atoms. The van der Waals surface area contributed by atoms with Crippen molar-refractivity contribution in [2.24, 2.45) is 5.41 Å². The van der Waals surface area contributed by atoms with Crippen LogP contribution in [0.2, 0.25) is 0 Å². The van der Waals surface area contributed by atoms with Crippen molar-refractivity contribution in [2.45, 2.75) is 18.3 Å². The fourth-order valence-electron chi connectivity index (χ4n) is 4.95. The van der Waals surface area contributed by atoms with E-state index in [0.29, 0.717) is 12.1 Å². The Hall–Kier alpha value is -3.50. The van der Waals surface area contributed by atoms with E-state index in [-0.39, 0.29) is 22.6 Å². The van der Waals surface area contributed by atoms with Crippen molar-refractivity contribution in [3.63, 3.8) is 0 Å². The van der Waals surface area contributed by atoms with Crippen molar-refractivity contribution < 1.29 is 46.0 Å². The van der Waals surface area contributed by atoms with Crippen LogP contribution in [0.1, 0.15) is 22.6 Å². The molecule has 0 saturated carbocycles. The predicted molar refractivity (Wildman–Crippen MR) is 139 cm³/mol. The fourth-order valence-corrected chi connectivity index (χ4v) is 5.95. The molecule has 3 aromatic carbocycles. The Morgan fingerprint density at radius 3 is 1.68 bits per heavy atom. The van der Waals surface area contributed by atoms with Crippen molar-refractivity contribution in [3.8, 4) is 23.0 Å². The summed E-state index contributed by atoms with van der Waals surface area (Å²) < 4.78 is 102. The summed E-state index contributed by atoms with van der Waals surface area (Å²) in [6.45, 7) is 0. The summed E-state index contributed by atoms with van der Waals surface area (Å²) in [5.74, 6) is -4.18. The minimum atomic E-state index is -6.06. The topological polar surface area (TPSA) is 58.9 Å². The van der Waals surface area contributed by atoms with Crippen LogP contribution < -0.4 is 9.47 Å². The molecule has 0 saturated heterocycles. The molecule has 0 amide bonds. The number of halogens is 8. The molecule has 1 aliphatic carbocycles. The Kier molecular flexibility index (Phi) is 7.72. The van der Waals surface area contributed by atoms with Gasteiger partial charge in [-0.05, 0) is 46.5 Å². The SMILES string of the molecule is COc1cc(OC)cc(C2=C(Cl)C(c3ccccc3)=C(Cl)C(C(F)(F)F)(C(F)(F)F)C2c2cc(O)cc(O)c2)c1. The molecule has 1 aliphatic rings. The lowest BCUT2D eigenvalue weighted by molar-refractivity contribution is -0.326. The molecule has 0 radical (unpaired) electrons. The lowest BCUT2D eigenvalue weighted by Gasteiger charge is -2.47. The van der Waals surface area contributed by atoms with E-state index in [4.69, 9.17) is 32.7 Å². The van der Waals surface area contributed by atoms with Crippen LogP contribution in [0.25, 0.3) is 11.1 Å². The van der Waals surface area contributed by atoms with Gasteiger partial charge < -0.3 is 19.7 Å². The number of hydrogen-bond donors (Lipinski definition) is 2. The highest BCUT2D eigenvalue weighted by atomic mass is 35.5. The summed E-state index contributed by atoms with van der Waals surface area (Å²) in [6.07, 6.45) is -12.1. The summed E-state index contributed by atoms with van der Waals surface area (Å²) in [5, 5.41) is 18.1. The third-order valence-corrected chi connectivity index (χ3v) is 7.50. The molecule has 0 aromatic heterocycles. The maximum absolute atomic E-state index is 15.2. The minimum absolute atomic E-state index is 0.0513. The van der Waals surface area contributed by atoms with Gasteiger partial charge in [0.2, 0.25) is 5.41 Å². The number of allylic oxidation sites excluding steroid dienone is 4. The third-order valence-electron chi connectivity index (χ3n) is 6.62. The van der Waals surface area contributed by atoms with E-state index in [1.165, 1.54) is 62.8 Å². The molecule has 4 rings (SSSR count). The van der Waals surface area contributed by atoms with E-state index in [9.17, 15) is 10.2 Å². The van der Waals surface area contributed by atoms with Gasteiger partial charge in [-0.3, -0.25) is 0 Å². The molecule has 3 aromatic rings. The van der Waals surface area contributed by atoms with Crippen molar-refractivity contribution in [2.75, 3.05) is 14.2 Å². The number of ether oxygens (including phenoxy) is 2.